The Morgan fingerprint density at radius 1 is 1.47 bits per heavy atom. The van der Waals surface area contributed by atoms with E-state index in [9.17, 15) is 5.11 Å². The molecule has 1 atom stereocenters. The molecule has 15 heavy (non-hydrogen) atoms. The first-order chi connectivity index (χ1) is 7.16. The Morgan fingerprint density at radius 3 is 3.00 bits per heavy atom. The Bertz CT molecular complexity index is 482. The van der Waals surface area contributed by atoms with Crippen LogP contribution in [0.2, 0.25) is 0 Å². The van der Waals surface area contributed by atoms with Gasteiger partial charge in [-0.25, -0.2) is 0 Å². The van der Waals surface area contributed by atoms with Gasteiger partial charge in [-0.05, 0) is 47.0 Å². The normalized spacial score (nSPS) is 13.0. The molecular formula is C12H12BrNO. The minimum atomic E-state index is -0.323. The van der Waals surface area contributed by atoms with Gasteiger partial charge in [0.1, 0.15) is 0 Å². The van der Waals surface area contributed by atoms with Crippen LogP contribution in [-0.4, -0.2) is 16.2 Å². The molecule has 0 saturated carbocycles. The van der Waals surface area contributed by atoms with Crippen molar-refractivity contribution >= 4 is 26.8 Å². The van der Waals surface area contributed by atoms with Crippen LogP contribution in [0.5, 0.6) is 0 Å². The van der Waals surface area contributed by atoms with Gasteiger partial charge in [0.05, 0.1) is 11.6 Å². The van der Waals surface area contributed by atoms with Crippen LogP contribution in [0.25, 0.3) is 10.9 Å². The lowest BCUT2D eigenvalue weighted by Gasteiger charge is -2.05. The standard InChI is InChI=1S/C12H12BrNO/c1-8(15)5-9-6-10-3-2-4-11(13)12(10)14-7-9/h2-4,6-8,15H,5H2,1H3. The molecule has 78 valence electrons. The van der Waals surface area contributed by atoms with E-state index in [1.54, 1.807) is 6.92 Å². The van der Waals surface area contributed by atoms with E-state index >= 15 is 0 Å². The van der Waals surface area contributed by atoms with Crippen molar-refractivity contribution in [1.82, 2.24) is 4.98 Å². The van der Waals surface area contributed by atoms with E-state index in [-0.39, 0.29) is 6.10 Å². The molecule has 0 fully saturated rings. The molecule has 3 heteroatoms. The van der Waals surface area contributed by atoms with Gasteiger partial charge in [-0.3, -0.25) is 4.98 Å². The molecule has 0 aliphatic rings. The Morgan fingerprint density at radius 2 is 2.27 bits per heavy atom. The number of nitrogens with zero attached hydrogens (tertiary/aromatic N) is 1. The molecule has 0 spiro atoms. The summed E-state index contributed by atoms with van der Waals surface area (Å²) >= 11 is 3.46. The number of aliphatic hydroxyl groups is 1. The third-order valence-electron chi connectivity index (χ3n) is 2.25. The Kier molecular flexibility index (Phi) is 3.03. The van der Waals surface area contributed by atoms with E-state index in [0.717, 1.165) is 20.9 Å². The van der Waals surface area contributed by atoms with Gasteiger partial charge < -0.3 is 5.11 Å². The molecule has 1 unspecified atom stereocenters. The lowest BCUT2D eigenvalue weighted by molar-refractivity contribution is 0.195. The summed E-state index contributed by atoms with van der Waals surface area (Å²) in [5.74, 6) is 0. The zero-order chi connectivity index (χ0) is 10.8. The largest absolute Gasteiger partial charge is 0.393 e. The zero-order valence-corrected chi connectivity index (χ0v) is 10.0. The first kappa shape index (κ1) is 10.6. The highest BCUT2D eigenvalue weighted by Gasteiger charge is 2.03. The maximum absolute atomic E-state index is 9.30. The van der Waals surface area contributed by atoms with Gasteiger partial charge in [0.15, 0.2) is 0 Å². The number of hydrogen-bond acceptors (Lipinski definition) is 2. The van der Waals surface area contributed by atoms with Crippen molar-refractivity contribution in [3.8, 4) is 0 Å². The van der Waals surface area contributed by atoms with Crippen LogP contribution in [-0.2, 0) is 6.42 Å². The summed E-state index contributed by atoms with van der Waals surface area (Å²) in [4.78, 5) is 4.38. The molecule has 0 amide bonds. The van der Waals surface area contributed by atoms with Crippen LogP contribution in [0.3, 0.4) is 0 Å². The van der Waals surface area contributed by atoms with Gasteiger partial charge in [-0.1, -0.05) is 12.1 Å². The van der Waals surface area contributed by atoms with Crippen LogP contribution in [0.1, 0.15) is 12.5 Å². The van der Waals surface area contributed by atoms with Crippen molar-refractivity contribution in [3.63, 3.8) is 0 Å². The highest BCUT2D eigenvalue weighted by atomic mass is 79.9. The van der Waals surface area contributed by atoms with Crippen molar-refractivity contribution in [2.24, 2.45) is 0 Å². The number of fused-ring (bicyclic) bond motifs is 1. The van der Waals surface area contributed by atoms with Crippen LogP contribution in [0, 0.1) is 0 Å². The van der Waals surface area contributed by atoms with Crippen LogP contribution in [0.15, 0.2) is 34.9 Å². The molecule has 2 aromatic rings. The lowest BCUT2D eigenvalue weighted by Crippen LogP contribution is -2.04. The first-order valence-corrected chi connectivity index (χ1v) is 5.67. The molecular weight excluding hydrogens is 254 g/mol. The maximum atomic E-state index is 9.30. The third kappa shape index (κ3) is 2.36. The van der Waals surface area contributed by atoms with Crippen molar-refractivity contribution in [2.75, 3.05) is 0 Å². The van der Waals surface area contributed by atoms with E-state index in [2.05, 4.69) is 27.0 Å². The maximum Gasteiger partial charge on any atom is 0.0844 e. The van der Waals surface area contributed by atoms with E-state index in [1.165, 1.54) is 0 Å². The monoisotopic (exact) mass is 265 g/mol. The Hall–Kier alpha value is -0.930. The van der Waals surface area contributed by atoms with E-state index in [4.69, 9.17) is 0 Å². The number of halogens is 1. The molecule has 2 rings (SSSR count). The number of aliphatic hydroxyl groups excluding tert-OH is 1. The summed E-state index contributed by atoms with van der Waals surface area (Å²) in [5.41, 5.74) is 2.03. The zero-order valence-electron chi connectivity index (χ0n) is 8.44. The summed E-state index contributed by atoms with van der Waals surface area (Å²) in [6, 6.07) is 8.06. The fraction of sp³-hybridized carbons (Fsp3) is 0.250. The predicted molar refractivity (Wildman–Crippen MR) is 64.8 cm³/mol. The van der Waals surface area contributed by atoms with Gasteiger partial charge in [-0.15, -0.1) is 0 Å². The second-order valence-electron chi connectivity index (χ2n) is 3.71. The smallest absolute Gasteiger partial charge is 0.0844 e. The molecule has 0 aliphatic carbocycles. The number of pyridine rings is 1. The molecule has 0 radical (unpaired) electrons. The molecule has 0 aliphatic heterocycles. The second-order valence-corrected chi connectivity index (χ2v) is 4.56. The summed E-state index contributed by atoms with van der Waals surface area (Å²) < 4.78 is 1.00. The molecule has 2 nitrogen and oxygen atoms in total. The van der Waals surface area contributed by atoms with Crippen LogP contribution < -0.4 is 0 Å². The molecule has 0 bridgehead atoms. The van der Waals surface area contributed by atoms with Crippen LogP contribution in [0.4, 0.5) is 0 Å². The van der Waals surface area contributed by atoms with Crippen molar-refractivity contribution in [2.45, 2.75) is 19.4 Å². The number of benzene rings is 1. The third-order valence-corrected chi connectivity index (χ3v) is 2.89. The molecule has 0 saturated heterocycles. The van der Waals surface area contributed by atoms with Gasteiger partial charge in [0.2, 0.25) is 0 Å². The van der Waals surface area contributed by atoms with Gasteiger partial charge >= 0.3 is 0 Å². The van der Waals surface area contributed by atoms with E-state index in [0.29, 0.717) is 6.42 Å². The van der Waals surface area contributed by atoms with Gasteiger partial charge in [0.25, 0.3) is 0 Å². The minimum Gasteiger partial charge on any atom is -0.393 e. The van der Waals surface area contributed by atoms with Crippen molar-refractivity contribution in [1.29, 1.82) is 0 Å². The second kappa shape index (κ2) is 4.29. The highest BCUT2D eigenvalue weighted by Crippen LogP contribution is 2.22. The van der Waals surface area contributed by atoms with Gasteiger partial charge in [0, 0.05) is 16.1 Å². The Balaban J connectivity index is 2.48. The molecule has 1 aromatic heterocycles. The topological polar surface area (TPSA) is 33.1 Å². The summed E-state index contributed by atoms with van der Waals surface area (Å²) in [6.07, 6.45) is 2.14. The lowest BCUT2D eigenvalue weighted by atomic mass is 10.1. The SMILES string of the molecule is CC(O)Cc1cnc2c(Br)cccc2c1. The fourth-order valence-corrected chi connectivity index (χ4v) is 2.11. The first-order valence-electron chi connectivity index (χ1n) is 4.88. The van der Waals surface area contributed by atoms with Crippen molar-refractivity contribution in [3.05, 3.63) is 40.5 Å². The molecule has 1 aromatic carbocycles. The highest BCUT2D eigenvalue weighted by molar-refractivity contribution is 9.10. The molecule has 1 heterocycles. The number of para-hydroxylation sites is 1. The average molecular weight is 266 g/mol. The number of aromatic nitrogens is 1. The minimum absolute atomic E-state index is 0.323. The van der Waals surface area contributed by atoms with E-state index in [1.807, 2.05) is 24.4 Å². The van der Waals surface area contributed by atoms with Crippen LogP contribution >= 0.6 is 15.9 Å². The predicted octanol–water partition coefficient (Wildman–Crippen LogP) is 2.92. The van der Waals surface area contributed by atoms with Crippen molar-refractivity contribution < 1.29 is 5.11 Å². The molecule has 1 N–H and O–H groups in total. The number of hydrogen-bond donors (Lipinski definition) is 1. The summed E-state index contributed by atoms with van der Waals surface area (Å²) in [7, 11) is 0. The summed E-state index contributed by atoms with van der Waals surface area (Å²) in [6.45, 7) is 1.78. The number of rotatable bonds is 2. The fourth-order valence-electron chi connectivity index (χ4n) is 1.62. The average Bonchev–Trinajstić information content (AvgIpc) is 2.17. The summed E-state index contributed by atoms with van der Waals surface area (Å²) in [5, 5.41) is 10.4. The van der Waals surface area contributed by atoms with E-state index < -0.39 is 0 Å². The Labute approximate surface area is 97.1 Å². The quantitative estimate of drug-likeness (QED) is 0.906. The van der Waals surface area contributed by atoms with Gasteiger partial charge in [-0.2, -0.15) is 0 Å².